The molecule has 0 aliphatic rings. The second-order valence-corrected chi connectivity index (χ2v) is 8.80. The van der Waals surface area contributed by atoms with Crippen molar-refractivity contribution in [3.8, 4) is 11.5 Å². The van der Waals surface area contributed by atoms with Crippen molar-refractivity contribution in [1.82, 2.24) is 0 Å². The van der Waals surface area contributed by atoms with Gasteiger partial charge in [0, 0.05) is 17.7 Å². The van der Waals surface area contributed by atoms with Crippen LogP contribution < -0.4 is 25.8 Å². The number of hydrogen-bond donors (Lipinski definition) is 4. The fraction of sp³-hybridized carbons (Fsp3) is 0.167. The van der Waals surface area contributed by atoms with Crippen molar-refractivity contribution in [1.29, 1.82) is 5.41 Å². The molecule has 5 N–H and O–H groups in total. The molecule has 0 radical (unpaired) electrons. The molecule has 3 rings (SSSR count). The lowest BCUT2D eigenvalue weighted by Gasteiger charge is -2.14. The Kier molecular flexibility index (Phi) is 8.26. The maximum absolute atomic E-state index is 13.4. The van der Waals surface area contributed by atoms with E-state index in [2.05, 4.69) is 10.6 Å². The number of nitrogen functional groups attached to an aromatic ring is 1. The van der Waals surface area contributed by atoms with Gasteiger partial charge in [-0.25, -0.2) is 4.79 Å². The normalized spacial score (nSPS) is 10.9. The number of ether oxygens (including phenoxy) is 2. The lowest BCUT2D eigenvalue weighted by atomic mass is 10.2. The third-order valence-corrected chi connectivity index (χ3v) is 5.77. The Morgan fingerprint density at radius 3 is 2.49 bits per heavy atom. The number of amides is 2. The summed E-state index contributed by atoms with van der Waals surface area (Å²) in [4.78, 5) is 11.9. The monoisotopic (exact) mass is 500 g/mol. The highest BCUT2D eigenvalue weighted by atomic mass is 32.3. The zero-order valence-corrected chi connectivity index (χ0v) is 19.7. The van der Waals surface area contributed by atoms with Crippen molar-refractivity contribution in [2.75, 3.05) is 23.8 Å². The number of benzene rings is 3. The molecule has 0 saturated heterocycles. The first-order valence-corrected chi connectivity index (χ1v) is 11.9. The molecule has 184 valence electrons. The fourth-order valence-corrected chi connectivity index (χ4v) is 3.83. The number of carbonyl (C=O) groups is 1. The number of aryl methyl sites for hydroxylation is 1. The molecule has 0 aliphatic carbocycles. The molecule has 11 heteroatoms. The molecule has 0 fully saturated rings. The summed E-state index contributed by atoms with van der Waals surface area (Å²) in [7, 11) is -4.91. The molecule has 0 bridgehead atoms. The van der Waals surface area contributed by atoms with Crippen molar-refractivity contribution in [3.63, 3.8) is 0 Å². The Labute approximate surface area is 202 Å². The van der Waals surface area contributed by atoms with Gasteiger partial charge >= 0.3 is 16.3 Å². The topological polar surface area (TPSA) is 144 Å². The van der Waals surface area contributed by atoms with E-state index in [1.165, 1.54) is 19.1 Å². The second kappa shape index (κ2) is 11.3. The average Bonchev–Trinajstić information content (AvgIpc) is 2.80. The third kappa shape index (κ3) is 7.44. The van der Waals surface area contributed by atoms with Crippen molar-refractivity contribution < 1.29 is 26.6 Å². The number of halogens is 1. The lowest BCUT2D eigenvalue weighted by molar-refractivity contribution is 0.247. The van der Waals surface area contributed by atoms with E-state index in [-0.39, 0.29) is 17.1 Å². The molecule has 3 aromatic rings. The van der Waals surface area contributed by atoms with Gasteiger partial charge in [-0.15, -0.1) is 3.89 Å². The molecule has 0 aliphatic heterocycles. The van der Waals surface area contributed by atoms with Crippen molar-refractivity contribution in [2.24, 2.45) is 5.73 Å². The van der Waals surface area contributed by atoms with Gasteiger partial charge in [-0.1, -0.05) is 30.3 Å². The van der Waals surface area contributed by atoms with E-state index in [1.807, 2.05) is 0 Å². The van der Waals surface area contributed by atoms with Crippen LogP contribution in [0.2, 0.25) is 0 Å². The summed E-state index contributed by atoms with van der Waals surface area (Å²) in [5.41, 5.74) is 6.80. The number of rotatable bonds is 10. The smallest absolute Gasteiger partial charge is 0.332 e. The maximum atomic E-state index is 13.4. The number of para-hydroxylation sites is 2. The van der Waals surface area contributed by atoms with Gasteiger partial charge in [0.25, 0.3) is 0 Å². The SMILES string of the molecule is Cc1ccc(NC(=O)Nc2ccccc2OCCCOc2cccc(C(=N)N)c2)cc1S(=O)(=O)F. The summed E-state index contributed by atoms with van der Waals surface area (Å²) in [6.45, 7) is 2.13. The summed E-state index contributed by atoms with van der Waals surface area (Å²) >= 11 is 0. The zero-order valence-electron chi connectivity index (χ0n) is 18.9. The van der Waals surface area contributed by atoms with Gasteiger partial charge in [-0.2, -0.15) is 8.42 Å². The van der Waals surface area contributed by atoms with E-state index in [0.29, 0.717) is 42.4 Å². The van der Waals surface area contributed by atoms with E-state index < -0.39 is 21.1 Å². The standard InChI is InChI=1S/C24H25FN4O5S/c1-16-10-11-18(15-22(16)35(25,31)32)28-24(30)29-20-8-2-3-9-21(20)34-13-5-12-33-19-7-4-6-17(14-19)23(26)27/h2-4,6-11,14-15H,5,12-13H2,1H3,(H3,26,27)(H2,28,29,30). The number of nitrogens with one attached hydrogen (secondary N) is 3. The Balaban J connectivity index is 1.53. The van der Waals surface area contributed by atoms with Crippen LogP contribution in [0, 0.1) is 12.3 Å². The fourth-order valence-electron chi connectivity index (χ4n) is 3.11. The molecule has 35 heavy (non-hydrogen) atoms. The number of anilines is 2. The summed E-state index contributed by atoms with van der Waals surface area (Å²) in [5, 5.41) is 12.6. The highest BCUT2D eigenvalue weighted by Gasteiger charge is 2.17. The Morgan fingerprint density at radius 2 is 1.74 bits per heavy atom. The highest BCUT2D eigenvalue weighted by Crippen LogP contribution is 2.25. The van der Waals surface area contributed by atoms with Crippen LogP contribution in [-0.2, 0) is 10.2 Å². The van der Waals surface area contributed by atoms with E-state index >= 15 is 0 Å². The zero-order chi connectivity index (χ0) is 25.4. The minimum Gasteiger partial charge on any atom is -0.493 e. The van der Waals surface area contributed by atoms with E-state index in [0.717, 1.165) is 6.07 Å². The molecule has 9 nitrogen and oxygen atoms in total. The summed E-state index contributed by atoms with van der Waals surface area (Å²) in [6, 6.07) is 17.0. The van der Waals surface area contributed by atoms with Crippen LogP contribution in [0.5, 0.6) is 11.5 Å². The summed E-state index contributed by atoms with van der Waals surface area (Å²) < 4.78 is 47.4. The molecule has 3 aromatic carbocycles. The molecular formula is C24H25FN4O5S. The Bertz CT molecular complexity index is 1330. The molecule has 2 amide bonds. The largest absolute Gasteiger partial charge is 0.493 e. The van der Waals surface area contributed by atoms with Gasteiger partial charge in [-0.05, 0) is 48.9 Å². The van der Waals surface area contributed by atoms with Gasteiger partial charge in [0.2, 0.25) is 0 Å². The van der Waals surface area contributed by atoms with Crippen LogP contribution in [0.25, 0.3) is 0 Å². The second-order valence-electron chi connectivity index (χ2n) is 7.49. The molecule has 0 aromatic heterocycles. The number of carbonyl (C=O) groups excluding carboxylic acids is 1. The van der Waals surface area contributed by atoms with Gasteiger partial charge in [0.15, 0.2) is 0 Å². The van der Waals surface area contributed by atoms with Crippen molar-refractivity contribution in [2.45, 2.75) is 18.2 Å². The molecular weight excluding hydrogens is 475 g/mol. The first-order chi connectivity index (χ1) is 16.6. The van der Waals surface area contributed by atoms with Gasteiger partial charge < -0.3 is 25.8 Å². The minimum atomic E-state index is -4.91. The molecule has 0 unspecified atom stereocenters. The molecule has 0 heterocycles. The van der Waals surface area contributed by atoms with Crippen LogP contribution in [0.15, 0.2) is 71.6 Å². The summed E-state index contributed by atoms with van der Waals surface area (Å²) in [5.74, 6) is 0.982. The highest BCUT2D eigenvalue weighted by molar-refractivity contribution is 7.86. The van der Waals surface area contributed by atoms with Gasteiger partial charge in [-0.3, -0.25) is 5.41 Å². The van der Waals surface area contributed by atoms with Gasteiger partial charge in [0.1, 0.15) is 22.2 Å². The number of urea groups is 1. The first-order valence-electron chi connectivity index (χ1n) is 10.6. The van der Waals surface area contributed by atoms with Gasteiger partial charge in [0.05, 0.1) is 18.9 Å². The third-order valence-electron chi connectivity index (χ3n) is 4.80. The maximum Gasteiger partial charge on any atom is 0.332 e. The van der Waals surface area contributed by atoms with E-state index in [9.17, 15) is 17.1 Å². The van der Waals surface area contributed by atoms with Crippen LogP contribution in [0.1, 0.15) is 17.5 Å². The summed E-state index contributed by atoms with van der Waals surface area (Å²) in [6.07, 6.45) is 0.550. The Morgan fingerprint density at radius 1 is 1.00 bits per heavy atom. The Hall–Kier alpha value is -4.12. The quantitative estimate of drug-likeness (QED) is 0.140. The van der Waals surface area contributed by atoms with Crippen LogP contribution >= 0.6 is 0 Å². The first kappa shape index (κ1) is 25.5. The van der Waals surface area contributed by atoms with Crippen LogP contribution in [0.3, 0.4) is 0 Å². The number of hydrogen-bond acceptors (Lipinski definition) is 6. The van der Waals surface area contributed by atoms with Crippen LogP contribution in [0.4, 0.5) is 20.1 Å². The minimum absolute atomic E-state index is 0.0396. The van der Waals surface area contributed by atoms with E-state index in [4.69, 9.17) is 20.6 Å². The van der Waals surface area contributed by atoms with Crippen molar-refractivity contribution >= 4 is 33.5 Å². The molecule has 0 atom stereocenters. The predicted molar refractivity (Wildman–Crippen MR) is 132 cm³/mol. The predicted octanol–water partition coefficient (Wildman–Crippen LogP) is 4.43. The van der Waals surface area contributed by atoms with E-state index in [1.54, 1.807) is 48.5 Å². The molecule has 0 spiro atoms. The number of amidine groups is 1. The van der Waals surface area contributed by atoms with Crippen LogP contribution in [-0.4, -0.2) is 33.5 Å². The number of nitrogens with two attached hydrogens (primary N) is 1. The average molecular weight is 501 g/mol. The molecule has 0 saturated carbocycles. The van der Waals surface area contributed by atoms with Crippen molar-refractivity contribution in [3.05, 3.63) is 77.9 Å². The lowest BCUT2D eigenvalue weighted by Crippen LogP contribution is -2.20.